The van der Waals surface area contributed by atoms with Crippen LogP contribution in [0, 0.1) is 0 Å². The lowest BCUT2D eigenvalue weighted by molar-refractivity contribution is 0.0697. The SMILES string of the molecule is CC(C)c1nc2ccccc2c(C(=O)O)c1Cc1ccc(-c2ccccc2-c2nn[nH]n2)cc1. The second kappa shape index (κ2) is 8.86. The van der Waals surface area contributed by atoms with Crippen molar-refractivity contribution in [2.24, 2.45) is 0 Å². The molecule has 0 saturated heterocycles. The lowest BCUT2D eigenvalue weighted by Gasteiger charge is -2.17. The molecule has 0 aliphatic heterocycles. The standard InChI is InChI=1S/C27H23N5O2/c1-16(2)25-22(24(27(33)34)21-9-5-6-10-23(21)28-25)15-17-11-13-18(14-12-17)19-7-3-4-8-20(19)26-29-31-32-30-26/h3-14,16H,15H2,1-2H3,(H,33,34)(H,29,30,31,32). The molecule has 5 aromatic rings. The Morgan fingerprint density at radius 3 is 2.32 bits per heavy atom. The van der Waals surface area contributed by atoms with Gasteiger partial charge < -0.3 is 5.11 Å². The van der Waals surface area contributed by atoms with Crippen molar-refractivity contribution in [2.75, 3.05) is 0 Å². The topological polar surface area (TPSA) is 105 Å². The van der Waals surface area contributed by atoms with Crippen LogP contribution in [0.1, 0.15) is 46.9 Å². The van der Waals surface area contributed by atoms with Gasteiger partial charge in [-0.2, -0.15) is 5.21 Å². The molecular formula is C27H23N5O2. The Kier molecular flexibility index (Phi) is 5.59. The zero-order valence-electron chi connectivity index (χ0n) is 18.9. The van der Waals surface area contributed by atoms with E-state index in [4.69, 9.17) is 4.98 Å². The Bertz CT molecular complexity index is 1480. The Labute approximate surface area is 196 Å². The number of aromatic carboxylic acids is 1. The molecule has 2 heterocycles. The van der Waals surface area contributed by atoms with E-state index in [9.17, 15) is 9.90 Å². The summed E-state index contributed by atoms with van der Waals surface area (Å²) in [6.07, 6.45) is 0.486. The molecule has 7 nitrogen and oxygen atoms in total. The van der Waals surface area contributed by atoms with Gasteiger partial charge in [0, 0.05) is 23.1 Å². The molecule has 0 radical (unpaired) electrons. The van der Waals surface area contributed by atoms with E-state index in [1.807, 2.05) is 86.6 Å². The normalized spacial score (nSPS) is 11.3. The van der Waals surface area contributed by atoms with E-state index >= 15 is 0 Å². The van der Waals surface area contributed by atoms with Gasteiger partial charge in [0.1, 0.15) is 0 Å². The van der Waals surface area contributed by atoms with Crippen LogP contribution in [0.2, 0.25) is 0 Å². The number of hydrogen-bond donors (Lipinski definition) is 2. The summed E-state index contributed by atoms with van der Waals surface area (Å²) in [7, 11) is 0. The summed E-state index contributed by atoms with van der Waals surface area (Å²) >= 11 is 0. The van der Waals surface area contributed by atoms with E-state index in [2.05, 4.69) is 20.6 Å². The van der Waals surface area contributed by atoms with Crippen molar-refractivity contribution in [1.82, 2.24) is 25.6 Å². The molecule has 5 rings (SSSR count). The fourth-order valence-electron chi connectivity index (χ4n) is 4.38. The number of pyridine rings is 1. The fourth-order valence-corrected chi connectivity index (χ4v) is 4.38. The molecule has 0 fully saturated rings. The van der Waals surface area contributed by atoms with Gasteiger partial charge >= 0.3 is 5.97 Å². The predicted octanol–water partition coefficient (Wildman–Crippen LogP) is 5.49. The number of H-pyrrole nitrogens is 1. The van der Waals surface area contributed by atoms with Crippen LogP contribution in [0.4, 0.5) is 0 Å². The molecule has 0 aliphatic carbocycles. The monoisotopic (exact) mass is 449 g/mol. The molecule has 0 unspecified atom stereocenters. The van der Waals surface area contributed by atoms with Crippen LogP contribution in [0.5, 0.6) is 0 Å². The number of nitrogens with zero attached hydrogens (tertiary/aromatic N) is 4. The first-order valence-electron chi connectivity index (χ1n) is 11.1. The van der Waals surface area contributed by atoms with Gasteiger partial charge in [-0.15, -0.1) is 10.2 Å². The summed E-state index contributed by atoms with van der Waals surface area (Å²) in [6.45, 7) is 4.09. The summed E-state index contributed by atoms with van der Waals surface area (Å²) in [5, 5.41) is 25.2. The van der Waals surface area contributed by atoms with Crippen molar-refractivity contribution in [2.45, 2.75) is 26.2 Å². The van der Waals surface area contributed by atoms with E-state index in [1.54, 1.807) is 0 Å². The molecule has 2 aromatic heterocycles. The molecule has 3 aromatic carbocycles. The first-order valence-corrected chi connectivity index (χ1v) is 11.1. The highest BCUT2D eigenvalue weighted by atomic mass is 16.4. The van der Waals surface area contributed by atoms with Crippen LogP contribution in [0.15, 0.2) is 72.8 Å². The predicted molar refractivity (Wildman–Crippen MR) is 131 cm³/mol. The van der Waals surface area contributed by atoms with Crippen LogP contribution in [-0.4, -0.2) is 36.7 Å². The van der Waals surface area contributed by atoms with Crippen LogP contribution in [0.3, 0.4) is 0 Å². The highest BCUT2D eigenvalue weighted by Gasteiger charge is 2.22. The lowest BCUT2D eigenvalue weighted by Crippen LogP contribution is -2.11. The lowest BCUT2D eigenvalue weighted by atomic mass is 9.90. The van der Waals surface area contributed by atoms with Gasteiger partial charge in [-0.25, -0.2) is 4.79 Å². The van der Waals surface area contributed by atoms with Gasteiger partial charge in [0.25, 0.3) is 0 Å². The number of hydrogen-bond acceptors (Lipinski definition) is 5. The molecule has 2 N–H and O–H groups in total. The molecule has 168 valence electrons. The van der Waals surface area contributed by atoms with Crippen molar-refractivity contribution in [3.63, 3.8) is 0 Å². The van der Waals surface area contributed by atoms with Crippen LogP contribution >= 0.6 is 0 Å². The van der Waals surface area contributed by atoms with Gasteiger partial charge in [-0.3, -0.25) is 4.98 Å². The molecule has 0 atom stereocenters. The number of benzene rings is 3. The largest absolute Gasteiger partial charge is 0.478 e. The molecule has 0 amide bonds. The van der Waals surface area contributed by atoms with Gasteiger partial charge in [-0.1, -0.05) is 80.6 Å². The summed E-state index contributed by atoms with van der Waals surface area (Å²) in [5.74, 6) is -0.297. The molecule has 0 spiro atoms. The number of carbonyl (C=O) groups is 1. The zero-order chi connectivity index (χ0) is 23.7. The molecule has 34 heavy (non-hydrogen) atoms. The van der Waals surface area contributed by atoms with Crippen LogP contribution < -0.4 is 0 Å². The highest BCUT2D eigenvalue weighted by Crippen LogP contribution is 2.32. The summed E-state index contributed by atoms with van der Waals surface area (Å²) in [6, 6.07) is 23.5. The summed E-state index contributed by atoms with van der Waals surface area (Å²) < 4.78 is 0. The number of aromatic nitrogens is 5. The van der Waals surface area contributed by atoms with Gasteiger partial charge in [-0.05, 0) is 39.5 Å². The van der Waals surface area contributed by atoms with Crippen molar-refractivity contribution < 1.29 is 9.90 Å². The van der Waals surface area contributed by atoms with Gasteiger partial charge in [0.05, 0.1) is 11.1 Å². The molecular weight excluding hydrogens is 426 g/mol. The number of para-hydroxylation sites is 1. The number of aromatic amines is 1. The number of rotatable bonds is 6. The Balaban J connectivity index is 1.56. The quantitative estimate of drug-likeness (QED) is 0.355. The maximum Gasteiger partial charge on any atom is 0.336 e. The van der Waals surface area contributed by atoms with Crippen LogP contribution in [-0.2, 0) is 6.42 Å². The van der Waals surface area contributed by atoms with E-state index < -0.39 is 5.97 Å². The minimum atomic E-state index is -0.929. The zero-order valence-corrected chi connectivity index (χ0v) is 18.9. The van der Waals surface area contributed by atoms with Gasteiger partial charge in [0.15, 0.2) is 0 Å². The van der Waals surface area contributed by atoms with E-state index in [0.717, 1.165) is 33.5 Å². The van der Waals surface area contributed by atoms with E-state index in [-0.39, 0.29) is 5.92 Å². The van der Waals surface area contributed by atoms with Crippen LogP contribution in [0.25, 0.3) is 33.4 Å². The van der Waals surface area contributed by atoms with Gasteiger partial charge in [0.2, 0.25) is 5.82 Å². The minimum Gasteiger partial charge on any atom is -0.478 e. The maximum absolute atomic E-state index is 12.3. The highest BCUT2D eigenvalue weighted by molar-refractivity contribution is 6.04. The van der Waals surface area contributed by atoms with E-state index in [1.165, 1.54) is 0 Å². The Morgan fingerprint density at radius 1 is 0.941 bits per heavy atom. The van der Waals surface area contributed by atoms with Crippen molar-refractivity contribution in [3.8, 4) is 22.5 Å². The molecule has 0 aliphatic rings. The first kappa shape index (κ1) is 21.5. The number of tetrazole rings is 1. The van der Waals surface area contributed by atoms with E-state index in [0.29, 0.717) is 28.7 Å². The second-order valence-electron chi connectivity index (χ2n) is 8.48. The Hall–Kier alpha value is -4.39. The summed E-state index contributed by atoms with van der Waals surface area (Å²) in [4.78, 5) is 17.2. The number of nitrogens with one attached hydrogen (secondary N) is 1. The third-order valence-corrected chi connectivity index (χ3v) is 5.95. The fraction of sp³-hybridized carbons (Fsp3) is 0.148. The summed E-state index contributed by atoms with van der Waals surface area (Å²) in [5.41, 5.74) is 6.55. The number of carboxylic acid groups (broad SMARTS) is 1. The number of fused-ring (bicyclic) bond motifs is 1. The molecule has 7 heteroatoms. The average Bonchev–Trinajstić information content (AvgIpc) is 3.38. The molecule has 0 bridgehead atoms. The average molecular weight is 450 g/mol. The smallest absolute Gasteiger partial charge is 0.336 e. The van der Waals surface area contributed by atoms with Crippen molar-refractivity contribution in [3.05, 3.63) is 95.2 Å². The maximum atomic E-state index is 12.3. The van der Waals surface area contributed by atoms with Crippen molar-refractivity contribution >= 4 is 16.9 Å². The minimum absolute atomic E-state index is 0.0961. The second-order valence-corrected chi connectivity index (χ2v) is 8.48. The number of carboxylic acids is 1. The third kappa shape index (κ3) is 3.92. The first-order chi connectivity index (χ1) is 16.5. The third-order valence-electron chi connectivity index (χ3n) is 5.95. The Morgan fingerprint density at radius 2 is 1.65 bits per heavy atom. The molecule has 0 saturated carbocycles. The van der Waals surface area contributed by atoms with Crippen molar-refractivity contribution in [1.29, 1.82) is 0 Å².